The summed E-state index contributed by atoms with van der Waals surface area (Å²) in [6.07, 6.45) is 0.926. The lowest BCUT2D eigenvalue weighted by atomic mass is 9.98. The summed E-state index contributed by atoms with van der Waals surface area (Å²) >= 11 is 0. The van der Waals surface area contributed by atoms with Crippen molar-refractivity contribution < 1.29 is 22.7 Å². The average molecular weight is 432 g/mol. The zero-order valence-electron chi connectivity index (χ0n) is 17.7. The molecule has 3 rings (SSSR count). The number of piperidine rings is 1. The smallest absolute Gasteiger partial charge is 0.309 e. The molecule has 0 atom stereocenters. The second kappa shape index (κ2) is 9.62. The number of sulfonamides is 1. The van der Waals surface area contributed by atoms with Crippen LogP contribution < -0.4 is 4.74 Å². The molecule has 0 bridgehead atoms. The Morgan fingerprint density at radius 2 is 1.63 bits per heavy atom. The molecule has 1 saturated heterocycles. The first kappa shape index (κ1) is 22.3. The normalized spacial score (nSPS) is 15.9. The standard InChI is InChI=1S/C23H29NO5S/c1-17(2)19-6-10-22(11-7-19)30(26,27)24-14-12-20(13-15-24)23(25)29-16-18-4-8-21(28-3)9-5-18/h4-11,17,20H,12-16H2,1-3H3. The van der Waals surface area contributed by atoms with Crippen LogP contribution in [0.1, 0.15) is 43.7 Å². The molecule has 30 heavy (non-hydrogen) atoms. The summed E-state index contributed by atoms with van der Waals surface area (Å²) in [6.45, 7) is 4.97. The van der Waals surface area contributed by atoms with Gasteiger partial charge < -0.3 is 9.47 Å². The Bertz CT molecular complexity index is 944. The first-order valence-corrected chi connectivity index (χ1v) is 11.6. The Balaban J connectivity index is 1.53. The number of hydrogen-bond acceptors (Lipinski definition) is 5. The monoisotopic (exact) mass is 431 g/mol. The number of methoxy groups -OCH3 is 1. The molecule has 6 nitrogen and oxygen atoms in total. The second-order valence-corrected chi connectivity index (χ2v) is 9.80. The third-order valence-electron chi connectivity index (χ3n) is 5.51. The first-order valence-electron chi connectivity index (χ1n) is 10.2. The Hall–Kier alpha value is -2.38. The van der Waals surface area contributed by atoms with Crippen molar-refractivity contribution in [1.29, 1.82) is 0 Å². The van der Waals surface area contributed by atoms with Crippen molar-refractivity contribution >= 4 is 16.0 Å². The number of nitrogens with zero attached hydrogens (tertiary/aromatic N) is 1. The summed E-state index contributed by atoms with van der Waals surface area (Å²) < 4.78 is 37.8. The van der Waals surface area contributed by atoms with E-state index in [-0.39, 0.29) is 18.5 Å². The van der Waals surface area contributed by atoms with Crippen LogP contribution in [0.3, 0.4) is 0 Å². The predicted molar refractivity (Wildman–Crippen MR) is 115 cm³/mol. The van der Waals surface area contributed by atoms with Crippen LogP contribution in [0.15, 0.2) is 53.4 Å². The van der Waals surface area contributed by atoms with Gasteiger partial charge in [-0.2, -0.15) is 4.31 Å². The molecule has 0 aliphatic carbocycles. The molecular weight excluding hydrogens is 402 g/mol. The second-order valence-electron chi connectivity index (χ2n) is 7.86. The maximum atomic E-state index is 12.9. The zero-order chi connectivity index (χ0) is 21.7. The minimum Gasteiger partial charge on any atom is -0.497 e. The third kappa shape index (κ3) is 5.21. The fourth-order valence-electron chi connectivity index (χ4n) is 3.50. The molecule has 0 unspecified atom stereocenters. The molecular formula is C23H29NO5S. The number of benzene rings is 2. The summed E-state index contributed by atoms with van der Waals surface area (Å²) in [5.41, 5.74) is 1.99. The molecule has 0 N–H and O–H groups in total. The molecule has 7 heteroatoms. The molecule has 1 heterocycles. The van der Waals surface area contributed by atoms with Gasteiger partial charge in [0.1, 0.15) is 12.4 Å². The zero-order valence-corrected chi connectivity index (χ0v) is 18.5. The van der Waals surface area contributed by atoms with E-state index in [0.717, 1.165) is 16.9 Å². The van der Waals surface area contributed by atoms with Crippen LogP contribution in [-0.2, 0) is 26.2 Å². The third-order valence-corrected chi connectivity index (χ3v) is 7.42. The maximum Gasteiger partial charge on any atom is 0.309 e. The number of carbonyl (C=O) groups is 1. The largest absolute Gasteiger partial charge is 0.497 e. The van der Waals surface area contributed by atoms with Crippen LogP contribution in [0.25, 0.3) is 0 Å². The highest BCUT2D eigenvalue weighted by molar-refractivity contribution is 7.89. The van der Waals surface area contributed by atoms with Crippen molar-refractivity contribution in [3.05, 3.63) is 59.7 Å². The Morgan fingerprint density at radius 3 is 2.17 bits per heavy atom. The van der Waals surface area contributed by atoms with Gasteiger partial charge in [-0.25, -0.2) is 8.42 Å². The van der Waals surface area contributed by atoms with Gasteiger partial charge in [-0.1, -0.05) is 38.1 Å². The molecule has 1 fully saturated rings. The first-order chi connectivity index (χ1) is 14.3. The van der Waals surface area contributed by atoms with Gasteiger partial charge in [-0.05, 0) is 54.2 Å². The molecule has 1 aliphatic heterocycles. The van der Waals surface area contributed by atoms with E-state index in [1.807, 2.05) is 36.4 Å². The van der Waals surface area contributed by atoms with Crippen molar-refractivity contribution in [2.75, 3.05) is 20.2 Å². The number of ether oxygens (including phenoxy) is 2. The Kier molecular flexibility index (Phi) is 7.15. The molecule has 162 valence electrons. The van der Waals surface area contributed by atoms with E-state index in [2.05, 4.69) is 13.8 Å². The lowest BCUT2D eigenvalue weighted by molar-refractivity contribution is -0.151. The predicted octanol–water partition coefficient (Wildman–Crippen LogP) is 3.96. The summed E-state index contributed by atoms with van der Waals surface area (Å²) in [6, 6.07) is 14.4. The van der Waals surface area contributed by atoms with Gasteiger partial charge in [-0.3, -0.25) is 4.79 Å². The molecule has 0 amide bonds. The van der Waals surface area contributed by atoms with Gasteiger partial charge in [-0.15, -0.1) is 0 Å². The van der Waals surface area contributed by atoms with E-state index in [1.165, 1.54) is 4.31 Å². The van der Waals surface area contributed by atoms with E-state index >= 15 is 0 Å². The van der Waals surface area contributed by atoms with E-state index in [0.29, 0.717) is 36.7 Å². The van der Waals surface area contributed by atoms with Crippen molar-refractivity contribution in [3.8, 4) is 5.75 Å². The molecule has 2 aromatic carbocycles. The quantitative estimate of drug-likeness (QED) is 0.621. The van der Waals surface area contributed by atoms with Crippen molar-refractivity contribution in [1.82, 2.24) is 4.31 Å². The molecule has 0 radical (unpaired) electrons. The number of rotatable bonds is 7. The SMILES string of the molecule is COc1ccc(COC(=O)C2CCN(S(=O)(=O)c3ccc(C(C)C)cc3)CC2)cc1. The molecule has 2 aromatic rings. The van der Waals surface area contributed by atoms with Gasteiger partial charge >= 0.3 is 5.97 Å². The van der Waals surface area contributed by atoms with Crippen molar-refractivity contribution in [2.45, 2.75) is 44.1 Å². The fraction of sp³-hybridized carbons (Fsp3) is 0.435. The van der Waals surface area contributed by atoms with E-state index in [9.17, 15) is 13.2 Å². The Labute approximate surface area is 178 Å². The van der Waals surface area contributed by atoms with Crippen LogP contribution in [0.5, 0.6) is 5.75 Å². The molecule has 0 aromatic heterocycles. The highest BCUT2D eigenvalue weighted by Gasteiger charge is 2.32. The van der Waals surface area contributed by atoms with Gasteiger partial charge in [0.05, 0.1) is 17.9 Å². The van der Waals surface area contributed by atoms with Crippen LogP contribution in [0, 0.1) is 5.92 Å². The topological polar surface area (TPSA) is 72.9 Å². The van der Waals surface area contributed by atoms with Gasteiger partial charge in [0, 0.05) is 13.1 Å². The summed E-state index contributed by atoms with van der Waals surface area (Å²) in [7, 11) is -1.95. The van der Waals surface area contributed by atoms with Crippen molar-refractivity contribution in [2.24, 2.45) is 5.92 Å². The van der Waals surface area contributed by atoms with E-state index in [1.54, 1.807) is 19.2 Å². The van der Waals surface area contributed by atoms with Crippen molar-refractivity contribution in [3.63, 3.8) is 0 Å². The highest BCUT2D eigenvalue weighted by atomic mass is 32.2. The van der Waals surface area contributed by atoms with Gasteiger partial charge in [0.15, 0.2) is 0 Å². The minimum atomic E-state index is -3.55. The summed E-state index contributed by atoms with van der Waals surface area (Å²) in [5.74, 6) is 0.543. The van der Waals surface area contributed by atoms with Crippen LogP contribution in [0.2, 0.25) is 0 Å². The highest BCUT2D eigenvalue weighted by Crippen LogP contribution is 2.26. The maximum absolute atomic E-state index is 12.9. The van der Waals surface area contributed by atoms with Crippen LogP contribution >= 0.6 is 0 Å². The number of carbonyl (C=O) groups excluding carboxylic acids is 1. The van der Waals surface area contributed by atoms with Crippen LogP contribution in [-0.4, -0.2) is 38.9 Å². The summed E-state index contributed by atoms with van der Waals surface area (Å²) in [4.78, 5) is 12.7. The Morgan fingerprint density at radius 1 is 1.03 bits per heavy atom. The lowest BCUT2D eigenvalue weighted by Crippen LogP contribution is -2.40. The molecule has 0 spiro atoms. The van der Waals surface area contributed by atoms with E-state index in [4.69, 9.17) is 9.47 Å². The molecule has 0 saturated carbocycles. The van der Waals surface area contributed by atoms with Gasteiger partial charge in [0.25, 0.3) is 0 Å². The summed E-state index contributed by atoms with van der Waals surface area (Å²) in [5, 5.41) is 0. The van der Waals surface area contributed by atoms with Gasteiger partial charge in [0.2, 0.25) is 10.0 Å². The van der Waals surface area contributed by atoms with Crippen LogP contribution in [0.4, 0.5) is 0 Å². The molecule has 1 aliphatic rings. The van der Waals surface area contributed by atoms with E-state index < -0.39 is 10.0 Å². The number of esters is 1. The average Bonchev–Trinajstić information content (AvgIpc) is 2.78. The lowest BCUT2D eigenvalue weighted by Gasteiger charge is -2.30. The minimum absolute atomic E-state index is 0.198. The number of hydrogen-bond donors (Lipinski definition) is 0. The fourth-order valence-corrected chi connectivity index (χ4v) is 4.97.